The number of amidine groups is 1. The van der Waals surface area contributed by atoms with Gasteiger partial charge in [0.05, 0.1) is 5.69 Å². The minimum atomic E-state index is -0.570. The highest BCUT2D eigenvalue weighted by atomic mass is 31.1. The van der Waals surface area contributed by atoms with Crippen LogP contribution in [0.4, 0.5) is 5.69 Å². The van der Waals surface area contributed by atoms with Crippen LogP contribution in [0.3, 0.4) is 0 Å². The second-order valence-electron chi connectivity index (χ2n) is 5.13. The summed E-state index contributed by atoms with van der Waals surface area (Å²) >= 11 is 0. The lowest BCUT2D eigenvalue weighted by Gasteiger charge is -2.33. The van der Waals surface area contributed by atoms with Crippen LogP contribution >= 0.6 is 8.22 Å². The van der Waals surface area contributed by atoms with Gasteiger partial charge in [0.25, 0.3) is 0 Å². The number of benzene rings is 1. The lowest BCUT2D eigenvalue weighted by molar-refractivity contribution is 0.567. The summed E-state index contributed by atoms with van der Waals surface area (Å²) in [6.07, 6.45) is 0. The number of nitrogens with zero attached hydrogens (tertiary/aromatic N) is 4. The highest BCUT2D eigenvalue weighted by molar-refractivity contribution is 7.70. The Bertz CT molecular complexity index is 416. The van der Waals surface area contributed by atoms with Crippen molar-refractivity contribution in [1.29, 1.82) is 0 Å². The molecule has 106 valence electrons. The van der Waals surface area contributed by atoms with Crippen LogP contribution in [0, 0.1) is 6.92 Å². The molecule has 1 rings (SSSR count). The fourth-order valence-electron chi connectivity index (χ4n) is 1.77. The molecule has 0 saturated heterocycles. The third-order valence-electron chi connectivity index (χ3n) is 2.60. The Hall–Kier alpha value is -0.960. The first-order valence-electron chi connectivity index (χ1n) is 6.30. The predicted molar refractivity (Wildman–Crippen MR) is 86.3 cm³/mol. The van der Waals surface area contributed by atoms with Gasteiger partial charge < -0.3 is 4.90 Å². The third-order valence-corrected chi connectivity index (χ3v) is 4.97. The van der Waals surface area contributed by atoms with Crippen LogP contribution in [0.15, 0.2) is 29.3 Å². The van der Waals surface area contributed by atoms with Crippen LogP contribution in [-0.4, -0.2) is 62.1 Å². The molecule has 0 aliphatic heterocycles. The molecule has 0 unspecified atom stereocenters. The molecule has 0 aliphatic carbocycles. The zero-order valence-electron chi connectivity index (χ0n) is 13.0. The average molecular weight is 280 g/mol. The van der Waals surface area contributed by atoms with Gasteiger partial charge >= 0.3 is 0 Å². The highest BCUT2D eigenvalue weighted by Crippen LogP contribution is 2.43. The van der Waals surface area contributed by atoms with Gasteiger partial charge in [-0.05, 0) is 47.2 Å². The lowest BCUT2D eigenvalue weighted by atomic mass is 10.2. The first kappa shape index (κ1) is 16.1. The molecule has 5 heteroatoms. The molecule has 0 spiro atoms. The van der Waals surface area contributed by atoms with E-state index in [9.17, 15) is 0 Å². The number of hydrogen-bond donors (Lipinski definition) is 0. The van der Waals surface area contributed by atoms with Crippen LogP contribution in [0.5, 0.6) is 0 Å². The topological polar surface area (TPSA) is 22.1 Å². The van der Waals surface area contributed by atoms with E-state index in [2.05, 4.69) is 87.7 Å². The molecule has 4 nitrogen and oxygen atoms in total. The molecule has 0 aliphatic rings. The molecule has 0 fully saturated rings. The summed E-state index contributed by atoms with van der Waals surface area (Å²) in [7, 11) is 11.9. The van der Waals surface area contributed by atoms with E-state index in [1.165, 1.54) is 5.56 Å². The SMILES string of the molecule is Cc1ccc(N=C(N(C)C)P(N(C)C)N(C)C)cc1. The first-order valence-corrected chi connectivity index (χ1v) is 7.55. The Kier molecular flexibility index (Phi) is 5.92. The largest absolute Gasteiger partial charge is 0.360 e. The smallest absolute Gasteiger partial charge is 0.158 e. The zero-order valence-corrected chi connectivity index (χ0v) is 13.9. The van der Waals surface area contributed by atoms with E-state index >= 15 is 0 Å². The summed E-state index contributed by atoms with van der Waals surface area (Å²) in [5, 5.41) is 0. The van der Waals surface area contributed by atoms with Crippen molar-refractivity contribution < 1.29 is 0 Å². The zero-order chi connectivity index (χ0) is 14.6. The molecule has 0 saturated carbocycles. The summed E-state index contributed by atoms with van der Waals surface area (Å²) < 4.78 is 4.45. The normalized spacial score (nSPS) is 12.6. The van der Waals surface area contributed by atoms with Crippen molar-refractivity contribution >= 4 is 19.5 Å². The van der Waals surface area contributed by atoms with Gasteiger partial charge in [-0.25, -0.2) is 4.99 Å². The minimum absolute atomic E-state index is 0.570. The Balaban J connectivity index is 3.15. The van der Waals surface area contributed by atoms with Gasteiger partial charge in [-0.3, -0.25) is 9.34 Å². The summed E-state index contributed by atoms with van der Waals surface area (Å²) in [6.45, 7) is 2.09. The van der Waals surface area contributed by atoms with Gasteiger partial charge in [0.1, 0.15) is 8.22 Å². The molecular formula is C14H25N4P. The summed E-state index contributed by atoms with van der Waals surface area (Å²) in [5.41, 5.74) is 3.35. The van der Waals surface area contributed by atoms with E-state index in [1.807, 2.05) is 0 Å². The molecule has 19 heavy (non-hydrogen) atoms. The van der Waals surface area contributed by atoms with E-state index in [1.54, 1.807) is 0 Å². The van der Waals surface area contributed by atoms with Gasteiger partial charge in [-0.2, -0.15) is 0 Å². The van der Waals surface area contributed by atoms with Crippen LogP contribution in [0.1, 0.15) is 5.56 Å². The molecule has 0 bridgehead atoms. The molecule has 0 amide bonds. The van der Waals surface area contributed by atoms with Crippen molar-refractivity contribution in [2.75, 3.05) is 42.3 Å². The summed E-state index contributed by atoms with van der Waals surface area (Å²) in [6, 6.07) is 8.33. The van der Waals surface area contributed by atoms with Crippen molar-refractivity contribution in [2.24, 2.45) is 4.99 Å². The van der Waals surface area contributed by atoms with Crippen LogP contribution < -0.4 is 0 Å². The van der Waals surface area contributed by atoms with Gasteiger partial charge in [-0.15, -0.1) is 0 Å². The van der Waals surface area contributed by atoms with Crippen molar-refractivity contribution in [3.8, 4) is 0 Å². The monoisotopic (exact) mass is 280 g/mol. The molecule has 0 aromatic heterocycles. The molecule has 0 N–H and O–H groups in total. The van der Waals surface area contributed by atoms with E-state index in [0.717, 1.165) is 11.3 Å². The van der Waals surface area contributed by atoms with E-state index in [0.29, 0.717) is 0 Å². The van der Waals surface area contributed by atoms with E-state index in [-0.39, 0.29) is 0 Å². The summed E-state index contributed by atoms with van der Waals surface area (Å²) in [5.74, 6) is 0. The number of aliphatic imine (C=N–C) groups is 1. The molecule has 0 heterocycles. The Morgan fingerprint density at radius 2 is 1.37 bits per heavy atom. The van der Waals surface area contributed by atoms with E-state index in [4.69, 9.17) is 4.99 Å². The molecule has 0 atom stereocenters. The Morgan fingerprint density at radius 1 is 0.895 bits per heavy atom. The van der Waals surface area contributed by atoms with Crippen molar-refractivity contribution in [3.05, 3.63) is 29.8 Å². The van der Waals surface area contributed by atoms with Crippen LogP contribution in [0.25, 0.3) is 0 Å². The number of rotatable bonds is 4. The molecular weight excluding hydrogens is 255 g/mol. The maximum Gasteiger partial charge on any atom is 0.158 e. The van der Waals surface area contributed by atoms with Crippen molar-refractivity contribution in [2.45, 2.75) is 6.92 Å². The Morgan fingerprint density at radius 3 is 1.74 bits per heavy atom. The number of aryl methyl sites for hydroxylation is 1. The maximum atomic E-state index is 4.83. The van der Waals surface area contributed by atoms with Crippen molar-refractivity contribution in [1.82, 2.24) is 14.2 Å². The fourth-order valence-corrected chi connectivity index (χ4v) is 3.77. The summed E-state index contributed by atoms with van der Waals surface area (Å²) in [4.78, 5) is 6.93. The second-order valence-corrected chi connectivity index (χ2v) is 7.70. The quantitative estimate of drug-likeness (QED) is 0.481. The average Bonchev–Trinajstić information content (AvgIpc) is 2.29. The van der Waals surface area contributed by atoms with Crippen molar-refractivity contribution in [3.63, 3.8) is 0 Å². The lowest BCUT2D eigenvalue weighted by Crippen LogP contribution is -2.30. The predicted octanol–water partition coefficient (Wildman–Crippen LogP) is 2.98. The molecule has 1 aromatic carbocycles. The highest BCUT2D eigenvalue weighted by Gasteiger charge is 2.23. The second kappa shape index (κ2) is 6.99. The van der Waals surface area contributed by atoms with Gasteiger partial charge in [-0.1, -0.05) is 17.7 Å². The van der Waals surface area contributed by atoms with Gasteiger partial charge in [0, 0.05) is 14.1 Å². The standard InChI is InChI=1S/C14H25N4P/c1-12-8-10-13(11-9-12)15-14(16(2)3)19(17(4)5)18(6)7/h8-11H,1-7H3. The maximum absolute atomic E-state index is 4.83. The minimum Gasteiger partial charge on any atom is -0.360 e. The van der Waals surface area contributed by atoms with Gasteiger partial charge in [0.15, 0.2) is 5.58 Å². The first-order chi connectivity index (χ1) is 8.82. The fraction of sp³-hybridized carbons (Fsp3) is 0.500. The van der Waals surface area contributed by atoms with E-state index < -0.39 is 8.22 Å². The van der Waals surface area contributed by atoms with Crippen LogP contribution in [-0.2, 0) is 0 Å². The van der Waals surface area contributed by atoms with Gasteiger partial charge in [0.2, 0.25) is 0 Å². The number of hydrogen-bond acceptors (Lipinski definition) is 3. The third kappa shape index (κ3) is 4.57. The Labute approximate surface area is 118 Å². The molecule has 1 aromatic rings. The van der Waals surface area contributed by atoms with Crippen LogP contribution in [0.2, 0.25) is 0 Å². The molecule has 0 radical (unpaired) electrons.